The lowest BCUT2D eigenvalue weighted by molar-refractivity contribution is 0.0685. The lowest BCUT2D eigenvalue weighted by atomic mass is 10.0. The number of carboxylic acid groups (broad SMARTS) is 1. The maximum atomic E-state index is 13.3. The van der Waals surface area contributed by atoms with Gasteiger partial charge in [-0.15, -0.1) is 0 Å². The molecule has 1 saturated carbocycles. The van der Waals surface area contributed by atoms with Gasteiger partial charge < -0.3 is 10.8 Å². The third kappa shape index (κ3) is 2.36. The molecule has 1 aliphatic rings. The summed E-state index contributed by atoms with van der Waals surface area (Å²) in [4.78, 5) is 14.1. The largest absolute Gasteiger partial charge is 0.476 e. The van der Waals surface area contributed by atoms with E-state index in [0.717, 1.165) is 6.42 Å². The number of hydrogen-bond acceptors (Lipinski definition) is 3. The molecule has 1 atom stereocenters. The van der Waals surface area contributed by atoms with Gasteiger partial charge in [-0.2, -0.15) is 0 Å². The van der Waals surface area contributed by atoms with Crippen molar-refractivity contribution < 1.29 is 14.3 Å². The van der Waals surface area contributed by atoms with Gasteiger partial charge in [-0.25, -0.2) is 14.2 Å². The minimum Gasteiger partial charge on any atom is -0.476 e. The topological polar surface area (TPSA) is 76.2 Å². The summed E-state index contributed by atoms with van der Waals surface area (Å²) in [5.41, 5.74) is 5.89. The van der Waals surface area contributed by atoms with Crippen LogP contribution >= 0.6 is 0 Å². The van der Waals surface area contributed by atoms with Gasteiger partial charge in [0.05, 0.1) is 0 Å². The minimum absolute atomic E-state index is 0.252. The van der Waals surface area contributed by atoms with Gasteiger partial charge in [0.15, 0.2) is 11.5 Å². The highest BCUT2D eigenvalue weighted by molar-refractivity contribution is 5.85. The summed E-state index contributed by atoms with van der Waals surface area (Å²) in [5, 5.41) is 8.62. The zero-order chi connectivity index (χ0) is 11.7. The first-order valence-corrected chi connectivity index (χ1v) is 5.22. The Hall–Kier alpha value is -1.49. The molecular weight excluding hydrogens is 211 g/mol. The molecule has 1 aromatic heterocycles. The van der Waals surface area contributed by atoms with E-state index in [0.29, 0.717) is 11.5 Å². The molecule has 0 bridgehead atoms. The van der Waals surface area contributed by atoms with E-state index in [1.54, 1.807) is 0 Å². The van der Waals surface area contributed by atoms with E-state index in [4.69, 9.17) is 10.8 Å². The molecule has 1 fully saturated rings. The molecule has 0 unspecified atom stereocenters. The Morgan fingerprint density at radius 3 is 2.88 bits per heavy atom. The van der Waals surface area contributed by atoms with E-state index < -0.39 is 17.5 Å². The van der Waals surface area contributed by atoms with Gasteiger partial charge in [0, 0.05) is 12.2 Å². The van der Waals surface area contributed by atoms with Crippen LogP contribution in [0.4, 0.5) is 4.39 Å². The van der Waals surface area contributed by atoms with E-state index in [9.17, 15) is 9.18 Å². The monoisotopic (exact) mass is 224 g/mol. The van der Waals surface area contributed by atoms with Crippen molar-refractivity contribution in [1.82, 2.24) is 4.98 Å². The van der Waals surface area contributed by atoms with E-state index in [1.807, 2.05) is 0 Å². The number of carboxylic acids is 1. The number of halogens is 1. The highest BCUT2D eigenvalue weighted by Crippen LogP contribution is 2.36. The second kappa shape index (κ2) is 4.17. The Kier molecular flexibility index (Phi) is 2.87. The van der Waals surface area contributed by atoms with Gasteiger partial charge in [0.25, 0.3) is 0 Å². The third-order valence-corrected chi connectivity index (χ3v) is 2.78. The van der Waals surface area contributed by atoms with Crippen LogP contribution in [0.5, 0.6) is 0 Å². The van der Waals surface area contributed by atoms with Gasteiger partial charge in [-0.3, -0.25) is 0 Å². The van der Waals surface area contributed by atoms with Crippen LogP contribution in [-0.2, 0) is 0 Å². The summed E-state index contributed by atoms with van der Waals surface area (Å²) in [7, 11) is 0. The van der Waals surface area contributed by atoms with Crippen molar-refractivity contribution in [1.29, 1.82) is 0 Å². The zero-order valence-electron chi connectivity index (χ0n) is 8.69. The molecule has 0 spiro atoms. The maximum Gasteiger partial charge on any atom is 0.357 e. The molecule has 3 N–H and O–H groups in total. The zero-order valence-corrected chi connectivity index (χ0v) is 8.69. The lowest BCUT2D eigenvalue weighted by Gasteiger charge is -2.11. The van der Waals surface area contributed by atoms with Crippen LogP contribution in [0.2, 0.25) is 0 Å². The van der Waals surface area contributed by atoms with Crippen LogP contribution in [0.1, 0.15) is 41.4 Å². The fourth-order valence-electron chi connectivity index (χ4n) is 1.66. The van der Waals surface area contributed by atoms with Crippen molar-refractivity contribution in [3.63, 3.8) is 0 Å². The summed E-state index contributed by atoms with van der Waals surface area (Å²) < 4.78 is 13.3. The summed E-state index contributed by atoms with van der Waals surface area (Å²) in [5.74, 6) is -1.55. The van der Waals surface area contributed by atoms with E-state index in [1.165, 1.54) is 25.1 Å². The fourth-order valence-corrected chi connectivity index (χ4v) is 1.66. The van der Waals surface area contributed by atoms with Crippen molar-refractivity contribution in [2.24, 2.45) is 11.7 Å². The number of aromatic carboxylic acids is 1. The number of pyridine rings is 1. The van der Waals surface area contributed by atoms with Gasteiger partial charge in [-0.05, 0) is 24.0 Å². The van der Waals surface area contributed by atoms with Gasteiger partial charge in [-0.1, -0.05) is 12.8 Å². The Balaban J connectivity index is 2.15. The van der Waals surface area contributed by atoms with E-state index in [-0.39, 0.29) is 6.04 Å². The smallest absolute Gasteiger partial charge is 0.357 e. The van der Waals surface area contributed by atoms with E-state index >= 15 is 0 Å². The second-order valence-corrected chi connectivity index (χ2v) is 4.19. The first-order valence-electron chi connectivity index (χ1n) is 5.22. The van der Waals surface area contributed by atoms with Crippen molar-refractivity contribution in [3.8, 4) is 0 Å². The number of nitrogens with two attached hydrogens (primary N) is 1. The van der Waals surface area contributed by atoms with Crippen LogP contribution in [0.25, 0.3) is 0 Å². The van der Waals surface area contributed by atoms with Crippen molar-refractivity contribution in [2.45, 2.75) is 25.3 Å². The average molecular weight is 224 g/mol. The predicted molar refractivity (Wildman–Crippen MR) is 55.4 cm³/mol. The Bertz CT molecular complexity index is 418. The van der Waals surface area contributed by atoms with Crippen molar-refractivity contribution in [2.75, 3.05) is 0 Å². The second-order valence-electron chi connectivity index (χ2n) is 4.19. The van der Waals surface area contributed by atoms with E-state index in [2.05, 4.69) is 4.98 Å². The number of nitrogens with zero attached hydrogens (tertiary/aromatic N) is 1. The highest BCUT2D eigenvalue weighted by atomic mass is 19.1. The van der Waals surface area contributed by atoms with Crippen LogP contribution in [0.15, 0.2) is 12.3 Å². The summed E-state index contributed by atoms with van der Waals surface area (Å²) in [6.07, 6.45) is 4.51. The highest BCUT2D eigenvalue weighted by Gasteiger charge is 2.25. The number of hydrogen-bond donors (Lipinski definition) is 2. The van der Waals surface area contributed by atoms with Crippen molar-refractivity contribution >= 4 is 5.97 Å². The average Bonchev–Trinajstić information content (AvgIpc) is 3.00. The summed E-state index contributed by atoms with van der Waals surface area (Å²) in [6, 6.07) is 0.918. The fraction of sp³-hybridized carbons (Fsp3) is 0.455. The minimum atomic E-state index is -1.36. The molecule has 2 rings (SSSR count). The molecule has 86 valence electrons. The number of rotatable bonds is 4. The third-order valence-electron chi connectivity index (χ3n) is 2.78. The molecule has 0 aromatic carbocycles. The van der Waals surface area contributed by atoms with Gasteiger partial charge in [0.1, 0.15) is 0 Å². The standard InChI is InChI=1S/C11H13FN2O2/c12-8-4-7(5-14-10(8)11(15)16)9(13)3-6-1-2-6/h4-6,9H,1-3,13H2,(H,15,16)/t9-/m1/s1. The van der Waals surface area contributed by atoms with Crippen LogP contribution < -0.4 is 5.73 Å². The molecule has 0 saturated heterocycles. The number of aromatic nitrogens is 1. The normalized spacial score (nSPS) is 17.1. The molecule has 1 aliphatic carbocycles. The summed E-state index contributed by atoms with van der Waals surface area (Å²) in [6.45, 7) is 0. The molecule has 1 heterocycles. The number of carbonyl (C=O) groups is 1. The molecule has 4 nitrogen and oxygen atoms in total. The molecule has 1 aromatic rings. The molecule has 0 radical (unpaired) electrons. The van der Waals surface area contributed by atoms with Crippen LogP contribution in [0.3, 0.4) is 0 Å². The molecule has 0 aliphatic heterocycles. The van der Waals surface area contributed by atoms with Crippen LogP contribution in [0, 0.1) is 11.7 Å². The van der Waals surface area contributed by atoms with Gasteiger partial charge >= 0.3 is 5.97 Å². The first-order chi connectivity index (χ1) is 7.58. The molecule has 0 amide bonds. The maximum absolute atomic E-state index is 13.3. The van der Waals surface area contributed by atoms with Crippen LogP contribution in [-0.4, -0.2) is 16.1 Å². The van der Waals surface area contributed by atoms with Crippen molar-refractivity contribution in [3.05, 3.63) is 29.3 Å². The predicted octanol–water partition coefficient (Wildman–Crippen LogP) is 1.72. The molecule has 16 heavy (non-hydrogen) atoms. The molecule has 5 heteroatoms. The first kappa shape index (κ1) is 11.0. The Morgan fingerprint density at radius 2 is 2.38 bits per heavy atom. The summed E-state index contributed by atoms with van der Waals surface area (Å²) >= 11 is 0. The molecular formula is C11H13FN2O2. The Labute approximate surface area is 92.3 Å². The Morgan fingerprint density at radius 1 is 1.69 bits per heavy atom. The lowest BCUT2D eigenvalue weighted by Crippen LogP contribution is -2.13. The SMILES string of the molecule is N[C@H](CC1CC1)c1cnc(C(=O)O)c(F)c1. The van der Waals surface area contributed by atoms with Gasteiger partial charge in [0.2, 0.25) is 0 Å². The quantitative estimate of drug-likeness (QED) is 0.816.